The van der Waals surface area contributed by atoms with Gasteiger partial charge in [-0.1, -0.05) is 31.2 Å². The Morgan fingerprint density at radius 1 is 1.18 bits per heavy atom. The largest absolute Gasteiger partial charge is 0.312 e. The number of benzene rings is 2. The molecule has 1 N–H and O–H groups in total. The van der Waals surface area contributed by atoms with E-state index in [0.717, 1.165) is 22.3 Å². The topological polar surface area (TPSA) is 84.3 Å². The number of aryl methyl sites for hydroxylation is 1. The Labute approximate surface area is 161 Å². The molecule has 0 aliphatic carbocycles. The Hall–Kier alpha value is -3.48. The molecule has 7 nitrogen and oxygen atoms in total. The fourth-order valence-corrected chi connectivity index (χ4v) is 3.44. The summed E-state index contributed by atoms with van der Waals surface area (Å²) in [5.74, 6) is -1.00. The number of nitrogens with zero attached hydrogens (tertiary/aromatic N) is 3. The minimum absolute atomic E-state index is 0.0996. The van der Waals surface area contributed by atoms with Crippen LogP contribution in [-0.2, 0) is 16.0 Å². The predicted molar refractivity (Wildman–Crippen MR) is 107 cm³/mol. The summed E-state index contributed by atoms with van der Waals surface area (Å²) >= 11 is 0. The van der Waals surface area contributed by atoms with Crippen LogP contribution in [0.5, 0.6) is 0 Å². The third-order valence-electron chi connectivity index (χ3n) is 5.02. The van der Waals surface area contributed by atoms with Gasteiger partial charge in [0, 0.05) is 18.7 Å². The minimum Gasteiger partial charge on any atom is -0.312 e. The maximum atomic E-state index is 12.7. The summed E-state index contributed by atoms with van der Waals surface area (Å²) in [4.78, 5) is 43.5. The van der Waals surface area contributed by atoms with Crippen molar-refractivity contribution >= 4 is 28.4 Å². The number of aromatic nitrogens is 2. The third kappa shape index (κ3) is 3.26. The lowest BCUT2D eigenvalue weighted by Crippen LogP contribution is -2.37. The van der Waals surface area contributed by atoms with Crippen LogP contribution >= 0.6 is 0 Å². The molecule has 0 spiro atoms. The number of amides is 2. The van der Waals surface area contributed by atoms with Crippen molar-refractivity contribution in [3.05, 3.63) is 70.8 Å². The molecule has 2 amide bonds. The molecule has 1 atom stereocenters. The summed E-state index contributed by atoms with van der Waals surface area (Å²) in [6, 6.07) is 14.7. The molecule has 3 aromatic rings. The maximum absolute atomic E-state index is 12.7. The summed E-state index contributed by atoms with van der Waals surface area (Å²) in [7, 11) is 0. The zero-order valence-corrected chi connectivity index (χ0v) is 15.5. The van der Waals surface area contributed by atoms with Gasteiger partial charge in [-0.3, -0.25) is 19.8 Å². The highest BCUT2D eigenvalue weighted by atomic mass is 16.2. The van der Waals surface area contributed by atoms with Crippen molar-refractivity contribution in [2.75, 3.05) is 16.9 Å². The number of hydrogen-bond acceptors (Lipinski definition) is 4. The first-order valence-corrected chi connectivity index (χ1v) is 9.23. The van der Waals surface area contributed by atoms with Crippen molar-refractivity contribution in [3.63, 3.8) is 0 Å². The van der Waals surface area contributed by atoms with Crippen LogP contribution in [-0.4, -0.2) is 28.0 Å². The molecule has 0 radical (unpaired) electrons. The van der Waals surface area contributed by atoms with Gasteiger partial charge in [-0.25, -0.2) is 9.66 Å². The summed E-state index contributed by atoms with van der Waals surface area (Å²) in [6.45, 7) is 2.34. The summed E-state index contributed by atoms with van der Waals surface area (Å²) in [6.07, 6.45) is 2.28. The van der Waals surface area contributed by atoms with Crippen molar-refractivity contribution in [3.8, 4) is 0 Å². The third-order valence-corrected chi connectivity index (χ3v) is 5.02. The molecule has 4 rings (SSSR count). The lowest BCUT2D eigenvalue weighted by Gasteiger charge is -2.17. The quantitative estimate of drug-likeness (QED) is 0.756. The molecule has 0 bridgehead atoms. The van der Waals surface area contributed by atoms with Gasteiger partial charge >= 0.3 is 0 Å². The van der Waals surface area contributed by atoms with Crippen LogP contribution in [0.4, 0.5) is 5.69 Å². The molecule has 1 saturated heterocycles. The van der Waals surface area contributed by atoms with E-state index in [-0.39, 0.29) is 30.3 Å². The number of carbonyl (C=O) groups excluding carboxylic acids is 2. The van der Waals surface area contributed by atoms with Crippen molar-refractivity contribution < 1.29 is 9.59 Å². The summed E-state index contributed by atoms with van der Waals surface area (Å²) in [5, 5.41) is 0.422. The van der Waals surface area contributed by atoms with Gasteiger partial charge in [-0.15, -0.1) is 0 Å². The standard InChI is InChI=1S/C21H20N4O3/c1-2-14-6-5-7-16(10-14)24-12-15(11-19(24)26)20(27)23-25-13-22-18-9-4-3-8-17(18)21(25)28/h3-10,13,15H,2,11-12H2,1H3,(H,23,27)/t15-/m0/s1. The molecule has 1 fully saturated rings. The number of anilines is 1. The van der Waals surface area contributed by atoms with Crippen LogP contribution in [0.1, 0.15) is 18.9 Å². The molecule has 1 aliphatic rings. The van der Waals surface area contributed by atoms with E-state index in [0.29, 0.717) is 10.9 Å². The lowest BCUT2D eigenvalue weighted by atomic mass is 10.1. The van der Waals surface area contributed by atoms with Crippen molar-refractivity contribution in [2.45, 2.75) is 19.8 Å². The van der Waals surface area contributed by atoms with Gasteiger partial charge in [0.1, 0.15) is 6.33 Å². The van der Waals surface area contributed by atoms with Gasteiger partial charge in [0.2, 0.25) is 11.8 Å². The van der Waals surface area contributed by atoms with E-state index in [2.05, 4.69) is 17.3 Å². The van der Waals surface area contributed by atoms with Crippen LogP contribution in [0.3, 0.4) is 0 Å². The number of fused-ring (bicyclic) bond motifs is 1. The second-order valence-electron chi connectivity index (χ2n) is 6.84. The number of carbonyl (C=O) groups is 2. The second-order valence-corrected chi connectivity index (χ2v) is 6.84. The van der Waals surface area contributed by atoms with E-state index in [1.54, 1.807) is 29.2 Å². The Morgan fingerprint density at radius 2 is 2.00 bits per heavy atom. The Bertz CT molecular complexity index is 1120. The molecule has 28 heavy (non-hydrogen) atoms. The highest BCUT2D eigenvalue weighted by Gasteiger charge is 2.35. The highest BCUT2D eigenvalue weighted by Crippen LogP contribution is 2.26. The zero-order chi connectivity index (χ0) is 19.7. The van der Waals surface area contributed by atoms with E-state index >= 15 is 0 Å². The van der Waals surface area contributed by atoms with Gasteiger partial charge in [0.05, 0.1) is 16.8 Å². The van der Waals surface area contributed by atoms with Gasteiger partial charge in [0.15, 0.2) is 0 Å². The number of nitrogens with one attached hydrogen (secondary N) is 1. The van der Waals surface area contributed by atoms with Crippen LogP contribution in [0, 0.1) is 5.92 Å². The van der Waals surface area contributed by atoms with Gasteiger partial charge in [-0.05, 0) is 36.2 Å². The fraction of sp³-hybridized carbons (Fsp3) is 0.238. The van der Waals surface area contributed by atoms with E-state index in [4.69, 9.17) is 0 Å². The van der Waals surface area contributed by atoms with Crippen LogP contribution in [0.25, 0.3) is 10.9 Å². The zero-order valence-electron chi connectivity index (χ0n) is 15.5. The predicted octanol–water partition coefficient (Wildman–Crippen LogP) is 2.08. The van der Waals surface area contributed by atoms with Crippen molar-refractivity contribution in [1.82, 2.24) is 9.66 Å². The average molecular weight is 376 g/mol. The number of para-hydroxylation sites is 1. The maximum Gasteiger partial charge on any atom is 0.280 e. The Balaban J connectivity index is 1.52. The first-order valence-electron chi connectivity index (χ1n) is 9.23. The number of hydrogen-bond donors (Lipinski definition) is 1. The normalized spacial score (nSPS) is 16.5. The van der Waals surface area contributed by atoms with Crippen molar-refractivity contribution in [1.29, 1.82) is 0 Å². The average Bonchev–Trinajstić information content (AvgIpc) is 3.12. The molecule has 2 heterocycles. The molecule has 2 aromatic carbocycles. The molecule has 142 valence electrons. The molecule has 7 heteroatoms. The second kappa shape index (κ2) is 7.26. The van der Waals surface area contributed by atoms with Crippen LogP contribution < -0.4 is 15.9 Å². The molecule has 0 unspecified atom stereocenters. The highest BCUT2D eigenvalue weighted by molar-refractivity contribution is 6.01. The Morgan fingerprint density at radius 3 is 2.82 bits per heavy atom. The van der Waals surface area contributed by atoms with E-state index in [1.807, 2.05) is 24.3 Å². The van der Waals surface area contributed by atoms with Crippen molar-refractivity contribution in [2.24, 2.45) is 5.92 Å². The molecular formula is C21H20N4O3. The Kier molecular flexibility index (Phi) is 4.65. The lowest BCUT2D eigenvalue weighted by molar-refractivity contribution is -0.123. The minimum atomic E-state index is -0.531. The monoisotopic (exact) mass is 376 g/mol. The van der Waals surface area contributed by atoms with E-state index in [1.165, 1.54) is 6.33 Å². The SMILES string of the molecule is CCc1cccc(N2C[C@@H](C(=O)Nn3cnc4ccccc4c3=O)CC2=O)c1. The molecule has 1 aromatic heterocycles. The first-order chi connectivity index (χ1) is 13.6. The van der Waals surface area contributed by atoms with Gasteiger partial charge in [0.25, 0.3) is 5.56 Å². The van der Waals surface area contributed by atoms with Gasteiger partial charge < -0.3 is 4.90 Å². The van der Waals surface area contributed by atoms with E-state index < -0.39 is 5.92 Å². The summed E-state index contributed by atoms with van der Waals surface area (Å²) < 4.78 is 1.08. The smallest absolute Gasteiger partial charge is 0.280 e. The van der Waals surface area contributed by atoms with Crippen LogP contribution in [0.15, 0.2) is 59.7 Å². The van der Waals surface area contributed by atoms with E-state index in [9.17, 15) is 14.4 Å². The molecule has 0 saturated carbocycles. The first kappa shape index (κ1) is 17.9. The fourth-order valence-electron chi connectivity index (χ4n) is 3.44. The van der Waals surface area contributed by atoms with Crippen LogP contribution in [0.2, 0.25) is 0 Å². The molecule has 1 aliphatic heterocycles. The number of rotatable bonds is 4. The molecular weight excluding hydrogens is 356 g/mol. The van der Waals surface area contributed by atoms with Gasteiger partial charge in [-0.2, -0.15) is 0 Å². The summed E-state index contributed by atoms with van der Waals surface area (Å²) in [5.41, 5.74) is 4.72.